The Balaban J connectivity index is 1.43. The number of hydrogen-bond donors (Lipinski definition) is 1. The molecule has 1 aromatic heterocycles. The first kappa shape index (κ1) is 20.9. The zero-order valence-electron chi connectivity index (χ0n) is 17.1. The second kappa shape index (κ2) is 9.22. The number of nitrogens with one attached hydrogen (secondary N) is 1. The van der Waals surface area contributed by atoms with Crippen LogP contribution in [0.15, 0.2) is 71.8 Å². The zero-order chi connectivity index (χ0) is 21.7. The Labute approximate surface area is 179 Å². The van der Waals surface area contributed by atoms with Crippen LogP contribution in [0.2, 0.25) is 0 Å². The van der Waals surface area contributed by atoms with Crippen molar-refractivity contribution in [2.45, 2.75) is 24.8 Å². The molecule has 0 atom stereocenters. The predicted molar refractivity (Wildman–Crippen MR) is 115 cm³/mol. The fraction of sp³-hybridized carbons (Fsp3) is 0.292. The van der Waals surface area contributed by atoms with Crippen LogP contribution in [-0.2, 0) is 21.5 Å². The van der Waals surface area contributed by atoms with E-state index in [0.717, 1.165) is 5.56 Å². The van der Waals surface area contributed by atoms with Crippen LogP contribution in [0, 0.1) is 5.82 Å². The summed E-state index contributed by atoms with van der Waals surface area (Å²) in [5, 5.41) is 3.00. The smallest absolute Gasteiger partial charge is 0.253 e. The minimum Gasteiger partial charge on any atom is -0.381 e. The molecule has 3 aromatic rings. The normalized spacial score (nSPS) is 15.4. The molecule has 2 heterocycles. The second-order valence-corrected chi connectivity index (χ2v) is 7.63. The first-order chi connectivity index (χ1) is 15.1. The lowest BCUT2D eigenvalue weighted by Gasteiger charge is -2.36. The molecule has 1 fully saturated rings. The van der Waals surface area contributed by atoms with E-state index in [1.54, 1.807) is 12.1 Å². The van der Waals surface area contributed by atoms with Crippen molar-refractivity contribution in [2.75, 3.05) is 19.8 Å². The van der Waals surface area contributed by atoms with E-state index in [2.05, 4.69) is 10.3 Å². The molecule has 0 saturated carbocycles. The molecule has 0 bridgehead atoms. The minimum absolute atomic E-state index is 0.0501. The molecular formula is C24H24FN3O3. The highest BCUT2D eigenvalue weighted by Crippen LogP contribution is 2.35. The summed E-state index contributed by atoms with van der Waals surface area (Å²) < 4.78 is 20.0. The van der Waals surface area contributed by atoms with Gasteiger partial charge in [0, 0.05) is 37.9 Å². The van der Waals surface area contributed by atoms with Crippen molar-refractivity contribution < 1.29 is 13.9 Å². The Kier molecular flexibility index (Phi) is 6.23. The van der Waals surface area contributed by atoms with Crippen molar-refractivity contribution in [2.24, 2.45) is 0 Å². The molecular weight excluding hydrogens is 397 g/mol. The molecule has 1 amide bonds. The van der Waals surface area contributed by atoms with Gasteiger partial charge in [-0.25, -0.2) is 9.37 Å². The van der Waals surface area contributed by atoms with Gasteiger partial charge >= 0.3 is 0 Å². The number of amides is 1. The van der Waals surface area contributed by atoms with Gasteiger partial charge in [-0.3, -0.25) is 14.2 Å². The third kappa shape index (κ3) is 4.56. The summed E-state index contributed by atoms with van der Waals surface area (Å²) in [6.45, 7) is 1.70. The topological polar surface area (TPSA) is 73.2 Å². The molecule has 6 nitrogen and oxygen atoms in total. The fourth-order valence-electron chi connectivity index (χ4n) is 3.96. The maximum absolute atomic E-state index is 13.2. The number of benzene rings is 2. The molecule has 1 N–H and O–H groups in total. The molecule has 0 unspecified atom stereocenters. The molecule has 0 aliphatic carbocycles. The molecule has 7 heteroatoms. The van der Waals surface area contributed by atoms with Crippen molar-refractivity contribution in [1.29, 1.82) is 0 Å². The van der Waals surface area contributed by atoms with Gasteiger partial charge in [-0.1, -0.05) is 30.3 Å². The molecule has 160 valence electrons. The lowest BCUT2D eigenvalue weighted by Crippen LogP contribution is -2.48. The molecule has 0 spiro atoms. The van der Waals surface area contributed by atoms with Crippen molar-refractivity contribution in [3.63, 3.8) is 0 Å². The van der Waals surface area contributed by atoms with Crippen molar-refractivity contribution in [3.8, 4) is 11.3 Å². The number of carbonyl (C=O) groups is 1. The van der Waals surface area contributed by atoms with Crippen molar-refractivity contribution >= 4 is 5.91 Å². The summed E-state index contributed by atoms with van der Waals surface area (Å²) >= 11 is 0. The number of rotatable bonds is 6. The van der Waals surface area contributed by atoms with E-state index in [9.17, 15) is 14.0 Å². The second-order valence-electron chi connectivity index (χ2n) is 7.63. The summed E-state index contributed by atoms with van der Waals surface area (Å²) in [4.78, 5) is 29.9. The van der Waals surface area contributed by atoms with Gasteiger partial charge in [0.2, 0.25) is 5.91 Å². The Morgan fingerprint density at radius 3 is 2.48 bits per heavy atom. The van der Waals surface area contributed by atoms with E-state index < -0.39 is 5.41 Å². The van der Waals surface area contributed by atoms with Gasteiger partial charge in [0.25, 0.3) is 5.56 Å². The number of aromatic nitrogens is 2. The number of nitrogens with zero attached hydrogens (tertiary/aromatic N) is 2. The van der Waals surface area contributed by atoms with E-state index in [1.807, 2.05) is 30.3 Å². The van der Waals surface area contributed by atoms with Gasteiger partial charge < -0.3 is 10.1 Å². The largest absolute Gasteiger partial charge is 0.381 e. The fourth-order valence-corrected chi connectivity index (χ4v) is 3.96. The van der Waals surface area contributed by atoms with Gasteiger partial charge in [-0.15, -0.1) is 0 Å². The summed E-state index contributed by atoms with van der Waals surface area (Å²) in [6.07, 6.45) is 2.70. The van der Waals surface area contributed by atoms with Crippen LogP contribution in [0.5, 0.6) is 0 Å². The summed E-state index contributed by atoms with van der Waals surface area (Å²) in [6, 6.07) is 17.0. The zero-order valence-corrected chi connectivity index (χ0v) is 17.1. The van der Waals surface area contributed by atoms with Gasteiger partial charge in [-0.2, -0.15) is 0 Å². The van der Waals surface area contributed by atoms with Crippen LogP contribution in [0.3, 0.4) is 0 Å². The quantitative estimate of drug-likeness (QED) is 0.664. The highest BCUT2D eigenvalue weighted by Gasteiger charge is 2.41. The number of hydrogen-bond acceptors (Lipinski definition) is 4. The Morgan fingerprint density at radius 2 is 1.81 bits per heavy atom. The number of halogens is 1. The lowest BCUT2D eigenvalue weighted by molar-refractivity contribution is -0.130. The number of ether oxygens (including phenoxy) is 1. The van der Waals surface area contributed by atoms with Gasteiger partial charge in [0.05, 0.1) is 17.4 Å². The van der Waals surface area contributed by atoms with Crippen LogP contribution in [0.1, 0.15) is 18.4 Å². The van der Waals surface area contributed by atoms with Gasteiger partial charge in [0.15, 0.2) is 0 Å². The summed E-state index contributed by atoms with van der Waals surface area (Å²) in [5.41, 5.74) is 1.29. The van der Waals surface area contributed by atoms with Crippen LogP contribution >= 0.6 is 0 Å². The summed E-state index contributed by atoms with van der Waals surface area (Å²) in [7, 11) is 0. The average molecular weight is 421 g/mol. The first-order valence-electron chi connectivity index (χ1n) is 10.3. The maximum atomic E-state index is 13.2. The van der Waals surface area contributed by atoms with Crippen LogP contribution in [-0.4, -0.2) is 35.2 Å². The molecule has 1 saturated heterocycles. The maximum Gasteiger partial charge on any atom is 0.253 e. The van der Waals surface area contributed by atoms with E-state index >= 15 is 0 Å². The van der Waals surface area contributed by atoms with E-state index in [1.165, 1.54) is 29.1 Å². The Hall–Kier alpha value is -3.32. The Morgan fingerprint density at radius 1 is 1.10 bits per heavy atom. The highest BCUT2D eigenvalue weighted by molar-refractivity contribution is 5.88. The minimum atomic E-state index is -0.616. The first-order valence-corrected chi connectivity index (χ1v) is 10.3. The SMILES string of the molecule is O=C(NCCn1cnc(-c2ccc(F)cc2)cc1=O)C1(c2ccccc2)CCOCC1. The van der Waals surface area contributed by atoms with Gasteiger partial charge in [0.1, 0.15) is 5.82 Å². The molecule has 4 rings (SSSR count). The average Bonchev–Trinajstić information content (AvgIpc) is 2.81. The third-order valence-corrected chi connectivity index (χ3v) is 5.77. The van der Waals surface area contributed by atoms with Gasteiger partial charge in [-0.05, 0) is 42.7 Å². The Bertz CT molecular complexity index is 1090. The molecule has 1 aliphatic heterocycles. The van der Waals surface area contributed by atoms with Crippen LogP contribution < -0.4 is 10.9 Å². The van der Waals surface area contributed by atoms with Crippen LogP contribution in [0.25, 0.3) is 11.3 Å². The summed E-state index contributed by atoms with van der Waals surface area (Å²) in [5.74, 6) is -0.392. The van der Waals surface area contributed by atoms with E-state index in [0.29, 0.717) is 50.4 Å². The molecule has 1 aliphatic rings. The van der Waals surface area contributed by atoms with E-state index in [-0.39, 0.29) is 17.3 Å². The highest BCUT2D eigenvalue weighted by atomic mass is 19.1. The lowest BCUT2D eigenvalue weighted by atomic mass is 9.73. The number of carbonyl (C=O) groups excluding carboxylic acids is 1. The van der Waals surface area contributed by atoms with Crippen molar-refractivity contribution in [3.05, 3.63) is 88.7 Å². The van der Waals surface area contributed by atoms with Crippen LogP contribution in [0.4, 0.5) is 4.39 Å². The van der Waals surface area contributed by atoms with Crippen molar-refractivity contribution in [1.82, 2.24) is 14.9 Å². The third-order valence-electron chi connectivity index (χ3n) is 5.77. The monoisotopic (exact) mass is 421 g/mol. The molecule has 0 radical (unpaired) electrons. The van der Waals surface area contributed by atoms with E-state index in [4.69, 9.17) is 4.74 Å². The molecule has 2 aromatic carbocycles. The standard InChI is InChI=1S/C24H24FN3O3/c25-20-8-6-18(7-9-20)21-16-22(29)28(17-27-21)13-12-26-23(30)24(10-14-31-15-11-24)19-4-2-1-3-5-19/h1-9,16-17H,10-15H2,(H,26,30). The predicted octanol–water partition coefficient (Wildman–Crippen LogP) is 2.91. The molecule has 31 heavy (non-hydrogen) atoms.